The summed E-state index contributed by atoms with van der Waals surface area (Å²) in [6, 6.07) is 10.3. The van der Waals surface area contributed by atoms with Gasteiger partial charge in [-0.3, -0.25) is 0 Å². The second-order valence-corrected chi connectivity index (χ2v) is 4.42. The van der Waals surface area contributed by atoms with Crippen LogP contribution >= 0.6 is 0 Å². The summed E-state index contributed by atoms with van der Waals surface area (Å²) in [5.74, 6) is 0. The maximum Gasteiger partial charge on any atom is 0.00321 e. The molecule has 0 heterocycles. The van der Waals surface area contributed by atoms with E-state index in [4.69, 9.17) is 0 Å². The van der Waals surface area contributed by atoms with Crippen LogP contribution in [0.15, 0.2) is 30.3 Å². The van der Waals surface area contributed by atoms with Crippen LogP contribution in [0.4, 0.5) is 0 Å². The zero-order valence-corrected chi connectivity index (χ0v) is 10.8. The fourth-order valence-electron chi connectivity index (χ4n) is 1.39. The molecule has 0 atom stereocenters. The summed E-state index contributed by atoms with van der Waals surface area (Å²) in [5.41, 5.74) is 4.18. The maximum absolute atomic E-state index is 2.25. The van der Waals surface area contributed by atoms with Crippen LogP contribution in [0, 0.1) is 0 Å². The Hall–Kier alpha value is -0.823. The predicted molar refractivity (Wildman–Crippen MR) is 64.2 cm³/mol. The van der Waals surface area contributed by atoms with Crippen LogP contribution in [-0.2, 0) is 6.42 Å². The number of rotatable bonds is 3. The van der Waals surface area contributed by atoms with E-state index in [0.29, 0.717) is 0 Å². The van der Waals surface area contributed by atoms with Crippen molar-refractivity contribution in [3.8, 4) is 0 Å². The van der Waals surface area contributed by atoms with Gasteiger partial charge in [0.05, 0.1) is 0 Å². The molecule has 0 aliphatic rings. The van der Waals surface area contributed by atoms with E-state index >= 15 is 0 Å². The van der Waals surface area contributed by atoms with E-state index in [2.05, 4.69) is 44.2 Å². The average Bonchev–Trinajstić information content (AvgIpc) is 2.18. The van der Waals surface area contributed by atoms with Crippen molar-refractivity contribution < 1.29 is 0 Å². The van der Waals surface area contributed by atoms with E-state index in [-0.39, 0.29) is 0 Å². The molecule has 1 aromatic rings. The first-order chi connectivity index (χ1) is 6.27. The molecular formula is C12H18Si. The number of hydrogen-bond acceptors (Lipinski definition) is 0. The molecular weight excluding hydrogens is 172 g/mol. The van der Waals surface area contributed by atoms with Crippen molar-refractivity contribution in [2.45, 2.75) is 26.3 Å². The first kappa shape index (κ1) is 10.3. The fourth-order valence-corrected chi connectivity index (χ4v) is 1.97. The van der Waals surface area contributed by atoms with E-state index in [1.165, 1.54) is 39.4 Å². The molecule has 0 unspecified atom stereocenters. The van der Waals surface area contributed by atoms with Crippen LogP contribution in [-0.4, -0.2) is 10.2 Å². The minimum atomic E-state index is 1.25. The average molecular weight is 190 g/mol. The molecule has 70 valence electrons. The molecule has 1 heteroatoms. The van der Waals surface area contributed by atoms with Gasteiger partial charge in [0.25, 0.3) is 0 Å². The van der Waals surface area contributed by atoms with E-state index in [1.807, 2.05) is 0 Å². The lowest BCUT2D eigenvalue weighted by Gasteiger charge is -2.02. The Morgan fingerprint density at radius 1 is 1.31 bits per heavy atom. The topological polar surface area (TPSA) is 0 Å². The largest absolute Gasteiger partial charge is 0.0841 e. The lowest BCUT2D eigenvalue weighted by atomic mass is 10.0. The molecule has 0 nitrogen and oxygen atoms in total. The second-order valence-electron chi connectivity index (χ2n) is 3.42. The molecule has 0 N–H and O–H groups in total. The van der Waals surface area contributed by atoms with Crippen LogP contribution in [0.1, 0.15) is 25.0 Å². The summed E-state index contributed by atoms with van der Waals surface area (Å²) in [6.07, 6.45) is 3.41. The van der Waals surface area contributed by atoms with Crippen molar-refractivity contribution in [1.29, 1.82) is 0 Å². The molecule has 0 spiro atoms. The van der Waals surface area contributed by atoms with Gasteiger partial charge in [-0.15, -0.1) is 0 Å². The van der Waals surface area contributed by atoms with Gasteiger partial charge in [-0.2, -0.15) is 0 Å². The number of allylic oxidation sites excluding steroid dienone is 2. The summed E-state index contributed by atoms with van der Waals surface area (Å²) in [5, 5.41) is 0. The summed E-state index contributed by atoms with van der Waals surface area (Å²) in [4.78, 5) is 0. The Labute approximate surface area is 84.1 Å². The summed E-state index contributed by atoms with van der Waals surface area (Å²) >= 11 is 0. The summed E-state index contributed by atoms with van der Waals surface area (Å²) in [7, 11) is 1.31. The quantitative estimate of drug-likeness (QED) is 0.642. The van der Waals surface area contributed by atoms with Crippen LogP contribution in [0.25, 0.3) is 5.57 Å². The maximum atomic E-state index is 2.25. The van der Waals surface area contributed by atoms with Gasteiger partial charge < -0.3 is 0 Å². The van der Waals surface area contributed by atoms with Gasteiger partial charge in [0, 0.05) is 10.2 Å². The number of benzene rings is 1. The van der Waals surface area contributed by atoms with E-state index < -0.39 is 0 Å². The fraction of sp³-hybridized carbons (Fsp3) is 0.333. The molecule has 0 aliphatic heterocycles. The van der Waals surface area contributed by atoms with Crippen LogP contribution in [0.2, 0.25) is 6.04 Å². The Morgan fingerprint density at radius 3 is 2.38 bits per heavy atom. The molecule has 0 amide bonds. The third kappa shape index (κ3) is 2.85. The zero-order chi connectivity index (χ0) is 9.68. The van der Waals surface area contributed by atoms with Gasteiger partial charge in [0.1, 0.15) is 0 Å². The molecule has 0 aromatic heterocycles. The zero-order valence-electron chi connectivity index (χ0n) is 8.80. The highest BCUT2D eigenvalue weighted by molar-refractivity contribution is 6.08. The second kappa shape index (κ2) is 5.03. The van der Waals surface area contributed by atoms with Gasteiger partial charge in [0.15, 0.2) is 0 Å². The lowest BCUT2D eigenvalue weighted by molar-refractivity contribution is 1.13. The number of aryl methyl sites for hydroxylation is 1. The minimum Gasteiger partial charge on any atom is -0.0841 e. The molecule has 0 saturated carbocycles. The van der Waals surface area contributed by atoms with Crippen molar-refractivity contribution in [2.24, 2.45) is 0 Å². The van der Waals surface area contributed by atoms with Crippen molar-refractivity contribution in [3.05, 3.63) is 41.5 Å². The summed E-state index contributed by atoms with van der Waals surface area (Å²) < 4.78 is 0. The van der Waals surface area contributed by atoms with Gasteiger partial charge in [-0.1, -0.05) is 36.4 Å². The standard InChI is InChI=1S/C12H18Si/c1-3-10(2)12-6-4-11(5-7-12)8-9-13/h3-7H,8-9H2,1-2,13H3/b10-3-. The molecule has 1 aromatic carbocycles. The molecule has 0 radical (unpaired) electrons. The van der Waals surface area contributed by atoms with Crippen molar-refractivity contribution in [3.63, 3.8) is 0 Å². The highest BCUT2D eigenvalue weighted by Gasteiger charge is 1.94. The van der Waals surface area contributed by atoms with Crippen molar-refractivity contribution in [2.75, 3.05) is 0 Å². The smallest absolute Gasteiger partial charge is 0.00321 e. The van der Waals surface area contributed by atoms with Crippen LogP contribution < -0.4 is 0 Å². The van der Waals surface area contributed by atoms with Crippen molar-refractivity contribution in [1.82, 2.24) is 0 Å². The van der Waals surface area contributed by atoms with Crippen LogP contribution in [0.5, 0.6) is 0 Å². The normalized spacial score (nSPS) is 12.0. The highest BCUT2D eigenvalue weighted by Crippen LogP contribution is 2.14. The molecule has 0 aliphatic carbocycles. The van der Waals surface area contributed by atoms with Gasteiger partial charge in [-0.05, 0) is 37.0 Å². The molecule has 0 saturated heterocycles. The molecule has 0 fully saturated rings. The van der Waals surface area contributed by atoms with Crippen LogP contribution in [0.3, 0.4) is 0 Å². The van der Waals surface area contributed by atoms with Gasteiger partial charge in [-0.25, -0.2) is 0 Å². The Kier molecular flexibility index (Phi) is 3.97. The van der Waals surface area contributed by atoms with E-state index in [0.717, 1.165) is 0 Å². The molecule has 1 rings (SSSR count). The van der Waals surface area contributed by atoms with Crippen molar-refractivity contribution >= 4 is 15.8 Å². The van der Waals surface area contributed by atoms with Gasteiger partial charge >= 0.3 is 0 Å². The summed E-state index contributed by atoms with van der Waals surface area (Å²) in [6.45, 7) is 4.24. The lowest BCUT2D eigenvalue weighted by Crippen LogP contribution is -1.85. The predicted octanol–water partition coefficient (Wildman–Crippen LogP) is 2.44. The van der Waals surface area contributed by atoms with E-state index in [9.17, 15) is 0 Å². The Balaban J connectivity index is 2.81. The minimum absolute atomic E-state index is 1.25. The monoisotopic (exact) mass is 190 g/mol. The van der Waals surface area contributed by atoms with E-state index in [1.54, 1.807) is 0 Å². The third-order valence-corrected chi connectivity index (χ3v) is 2.88. The molecule has 13 heavy (non-hydrogen) atoms. The SMILES string of the molecule is C/C=C(/C)c1ccc(CC[SiH3])cc1. The first-order valence-electron chi connectivity index (χ1n) is 5.00. The highest BCUT2D eigenvalue weighted by atomic mass is 28.1. The third-order valence-electron chi connectivity index (χ3n) is 2.38. The molecule has 0 bridgehead atoms. The Morgan fingerprint density at radius 2 is 1.92 bits per heavy atom. The Bertz CT molecular complexity index is 282. The number of hydrogen-bond donors (Lipinski definition) is 0. The van der Waals surface area contributed by atoms with Gasteiger partial charge in [0.2, 0.25) is 0 Å². The first-order valence-corrected chi connectivity index (χ1v) is 6.41.